The largest absolute Gasteiger partial charge is 0.493 e. The molecule has 0 N–H and O–H groups in total. The highest BCUT2D eigenvalue weighted by Gasteiger charge is 2.45. The summed E-state index contributed by atoms with van der Waals surface area (Å²) in [4.78, 5) is 12.6. The first-order valence-electron chi connectivity index (χ1n) is 11.7. The number of hydrogen-bond acceptors (Lipinski definition) is 7. The normalized spacial score (nSPS) is 17.2. The van der Waals surface area contributed by atoms with Crippen LogP contribution in [-0.4, -0.2) is 19.1 Å². The molecule has 4 aromatic rings. The Bertz CT molecular complexity index is 1600. The molecule has 37 heavy (non-hydrogen) atoms. The van der Waals surface area contributed by atoms with E-state index in [1.165, 1.54) is 12.1 Å². The van der Waals surface area contributed by atoms with Crippen LogP contribution >= 0.6 is 0 Å². The topological polar surface area (TPSA) is 89.6 Å². The van der Waals surface area contributed by atoms with E-state index < -0.39 is 10.6 Å². The molecule has 0 bridgehead atoms. The average Bonchev–Trinajstić information content (AvgIpc) is 2.94. The van der Waals surface area contributed by atoms with Crippen molar-refractivity contribution in [3.63, 3.8) is 0 Å². The van der Waals surface area contributed by atoms with Crippen LogP contribution in [0.25, 0.3) is 17.2 Å². The van der Waals surface area contributed by atoms with Crippen LogP contribution in [0.5, 0.6) is 11.5 Å². The fraction of sp³-hybridized carbons (Fsp3) is 0.103. The summed E-state index contributed by atoms with van der Waals surface area (Å²) in [7, 11) is 3.62. The van der Waals surface area contributed by atoms with Gasteiger partial charge >= 0.3 is 0 Å². The zero-order valence-corrected chi connectivity index (χ0v) is 20.2. The van der Waals surface area contributed by atoms with Gasteiger partial charge in [-0.25, -0.2) is 0 Å². The molecule has 8 heteroatoms. The molecule has 4 aromatic carbocycles. The van der Waals surface area contributed by atoms with Gasteiger partial charge in [0, 0.05) is 47.6 Å². The fourth-order valence-electron chi connectivity index (χ4n) is 4.91. The molecule has 0 fully saturated rings. The monoisotopic (exact) mass is 490 g/mol. The lowest BCUT2D eigenvalue weighted by atomic mass is 9.84. The number of benzene rings is 4. The Morgan fingerprint density at radius 1 is 0.919 bits per heavy atom. The summed E-state index contributed by atoms with van der Waals surface area (Å²) in [5.74, 6) is 1.14. The number of hydrogen-bond donors (Lipinski definition) is 0. The second kappa shape index (κ2) is 8.60. The number of non-ortho nitro benzene ring substituents is 1. The van der Waals surface area contributed by atoms with Crippen molar-refractivity contribution >= 4 is 28.8 Å². The summed E-state index contributed by atoms with van der Waals surface area (Å²) < 4.78 is 12.5. The lowest BCUT2D eigenvalue weighted by molar-refractivity contribution is -0.384. The van der Waals surface area contributed by atoms with Crippen LogP contribution in [-0.2, 0) is 5.72 Å². The van der Waals surface area contributed by atoms with E-state index in [1.54, 1.807) is 25.3 Å². The molecule has 2 aliphatic heterocycles. The van der Waals surface area contributed by atoms with Crippen molar-refractivity contribution in [3.8, 4) is 22.6 Å². The summed E-state index contributed by atoms with van der Waals surface area (Å²) in [5, 5.41) is 19.4. The van der Waals surface area contributed by atoms with E-state index in [2.05, 4.69) is 45.5 Å². The van der Waals surface area contributed by atoms with Gasteiger partial charge in [0.15, 0.2) is 11.5 Å². The number of nitro benzene ring substituents is 1. The average molecular weight is 491 g/mol. The van der Waals surface area contributed by atoms with E-state index >= 15 is 0 Å². The van der Waals surface area contributed by atoms with Gasteiger partial charge in [0.05, 0.1) is 23.4 Å². The van der Waals surface area contributed by atoms with Gasteiger partial charge < -0.3 is 14.4 Å². The molecule has 6 rings (SSSR count). The Hall–Kier alpha value is -4.98. The molecule has 2 aliphatic rings. The van der Waals surface area contributed by atoms with Crippen molar-refractivity contribution in [2.45, 2.75) is 5.72 Å². The minimum Gasteiger partial charge on any atom is -0.493 e. The van der Waals surface area contributed by atoms with E-state index in [9.17, 15) is 10.1 Å². The number of likely N-dealkylation sites (N-methyl/N-ethyl adjacent to an activating group) is 1. The number of azo groups is 1. The quantitative estimate of drug-likeness (QED) is 0.169. The molecule has 0 saturated carbocycles. The highest BCUT2D eigenvalue weighted by Crippen LogP contribution is 2.52. The van der Waals surface area contributed by atoms with Gasteiger partial charge in [-0.3, -0.25) is 10.1 Å². The van der Waals surface area contributed by atoms with Crippen LogP contribution in [0, 0.1) is 10.1 Å². The van der Waals surface area contributed by atoms with Gasteiger partial charge in [0.1, 0.15) is 0 Å². The molecule has 2 heterocycles. The van der Waals surface area contributed by atoms with Crippen molar-refractivity contribution in [2.24, 2.45) is 10.2 Å². The van der Waals surface area contributed by atoms with E-state index in [-0.39, 0.29) is 5.69 Å². The second-order valence-corrected chi connectivity index (χ2v) is 8.79. The van der Waals surface area contributed by atoms with Crippen molar-refractivity contribution < 1.29 is 14.4 Å². The molecule has 0 aliphatic carbocycles. The molecule has 0 aromatic heterocycles. The van der Waals surface area contributed by atoms with Gasteiger partial charge in [-0.2, -0.15) is 10.2 Å². The predicted octanol–water partition coefficient (Wildman–Crippen LogP) is 7.39. The molecule has 1 atom stereocenters. The highest BCUT2D eigenvalue weighted by atomic mass is 16.6. The van der Waals surface area contributed by atoms with Crippen molar-refractivity contribution in [1.29, 1.82) is 0 Å². The Morgan fingerprint density at radius 3 is 2.38 bits per heavy atom. The molecular formula is C29H22N4O4. The molecule has 8 nitrogen and oxygen atoms in total. The summed E-state index contributed by atoms with van der Waals surface area (Å²) in [6, 6.07) is 26.1. The Labute approximate surface area is 213 Å². The van der Waals surface area contributed by atoms with Crippen LogP contribution in [0.3, 0.4) is 0 Å². The Balaban J connectivity index is 1.39. The summed E-state index contributed by atoms with van der Waals surface area (Å²) in [6.07, 6.45) is 4.08. The van der Waals surface area contributed by atoms with Gasteiger partial charge in [-0.05, 0) is 42.0 Å². The maximum Gasteiger partial charge on any atom is 0.269 e. The number of nitrogens with zero attached hydrogens (tertiary/aromatic N) is 4. The second-order valence-electron chi connectivity index (χ2n) is 8.79. The van der Waals surface area contributed by atoms with E-state index in [0.29, 0.717) is 22.9 Å². The van der Waals surface area contributed by atoms with Crippen molar-refractivity contribution in [2.75, 3.05) is 19.1 Å². The molecule has 0 saturated heterocycles. The number of ether oxygens (including phenoxy) is 2. The van der Waals surface area contributed by atoms with Crippen LogP contribution in [0.1, 0.15) is 11.1 Å². The van der Waals surface area contributed by atoms with Gasteiger partial charge in [0.25, 0.3) is 5.69 Å². The van der Waals surface area contributed by atoms with Crippen LogP contribution in [0.2, 0.25) is 0 Å². The molecule has 0 radical (unpaired) electrons. The molecule has 0 amide bonds. The van der Waals surface area contributed by atoms with Gasteiger partial charge in [-0.15, -0.1) is 0 Å². The van der Waals surface area contributed by atoms with E-state index in [1.807, 2.05) is 43.5 Å². The van der Waals surface area contributed by atoms with Gasteiger partial charge in [0.2, 0.25) is 5.72 Å². The molecule has 1 unspecified atom stereocenters. The van der Waals surface area contributed by atoms with Crippen LogP contribution in [0.15, 0.2) is 101 Å². The molecule has 1 spiro atoms. The zero-order chi connectivity index (χ0) is 25.6. The van der Waals surface area contributed by atoms with Crippen LogP contribution < -0.4 is 14.4 Å². The zero-order valence-electron chi connectivity index (χ0n) is 20.2. The maximum absolute atomic E-state index is 10.9. The first-order chi connectivity index (χ1) is 18.0. The van der Waals surface area contributed by atoms with Crippen molar-refractivity contribution in [1.82, 2.24) is 0 Å². The Kier molecular flexibility index (Phi) is 5.22. The van der Waals surface area contributed by atoms with E-state index in [4.69, 9.17) is 9.47 Å². The third-order valence-electron chi connectivity index (χ3n) is 6.74. The van der Waals surface area contributed by atoms with Crippen molar-refractivity contribution in [3.05, 3.63) is 112 Å². The minimum absolute atomic E-state index is 0.00231. The molecular weight excluding hydrogens is 468 g/mol. The number of anilines is 1. The lowest BCUT2D eigenvalue weighted by Gasteiger charge is -2.47. The standard InChI is InChI=1S/C29H22N4O4/c1-32-26-10-6-4-8-24(26)23-7-3-5-9-25(23)29(32)16-15-19-17-21(18-27(36-2)28(19)37-29)31-30-20-11-13-22(14-12-20)33(34)35/h3-18H,1-2H3. The van der Waals surface area contributed by atoms with Gasteiger partial charge in [-0.1, -0.05) is 42.5 Å². The predicted molar refractivity (Wildman–Crippen MR) is 142 cm³/mol. The first-order valence-corrected chi connectivity index (χ1v) is 11.7. The van der Waals surface area contributed by atoms with Crippen LogP contribution in [0.4, 0.5) is 22.7 Å². The van der Waals surface area contributed by atoms with E-state index in [0.717, 1.165) is 27.9 Å². The summed E-state index contributed by atoms with van der Waals surface area (Å²) in [6.45, 7) is 0. The number of methoxy groups -OCH3 is 1. The summed E-state index contributed by atoms with van der Waals surface area (Å²) >= 11 is 0. The Morgan fingerprint density at radius 2 is 1.62 bits per heavy atom. The summed E-state index contributed by atoms with van der Waals surface area (Å²) in [5.41, 5.74) is 5.43. The third-order valence-corrected chi connectivity index (χ3v) is 6.74. The number of para-hydroxylation sites is 1. The fourth-order valence-corrected chi connectivity index (χ4v) is 4.91. The lowest BCUT2D eigenvalue weighted by Crippen LogP contribution is -2.50. The maximum atomic E-state index is 10.9. The highest BCUT2D eigenvalue weighted by molar-refractivity contribution is 5.87. The minimum atomic E-state index is -0.854. The third kappa shape index (κ3) is 3.61. The number of rotatable bonds is 4. The molecule has 182 valence electrons. The first kappa shape index (κ1) is 22.5. The number of fused-ring (bicyclic) bond motifs is 5. The SMILES string of the molecule is COc1cc(N=Nc2ccc([N+](=O)[O-])cc2)cc2c1OC1(C=C2)c2ccccc2-c2ccccc2N1C. The smallest absolute Gasteiger partial charge is 0.269 e. The number of nitro groups is 1.